The molecule has 4 heteroatoms. The van der Waals surface area contributed by atoms with Crippen molar-refractivity contribution >= 4 is 17.6 Å². The van der Waals surface area contributed by atoms with Crippen LogP contribution in [0.4, 0.5) is 0 Å². The standard InChI is InChI=1S/C15H22ClNO2/c1-5-19-14(18)15(4,17-10-11(2)3)12-7-6-8-13(16)9-12/h6-9,11,17H,5,10H2,1-4H3. The van der Waals surface area contributed by atoms with Gasteiger partial charge in [-0.25, -0.2) is 4.79 Å². The van der Waals surface area contributed by atoms with E-state index in [-0.39, 0.29) is 5.97 Å². The number of hydrogen-bond donors (Lipinski definition) is 1. The first kappa shape index (κ1) is 16.0. The molecule has 1 rings (SSSR count). The summed E-state index contributed by atoms with van der Waals surface area (Å²) in [4.78, 5) is 12.3. The minimum absolute atomic E-state index is 0.280. The van der Waals surface area contributed by atoms with Crippen molar-refractivity contribution < 1.29 is 9.53 Å². The zero-order valence-electron chi connectivity index (χ0n) is 12.0. The quantitative estimate of drug-likeness (QED) is 0.814. The van der Waals surface area contributed by atoms with E-state index in [0.717, 1.165) is 12.1 Å². The van der Waals surface area contributed by atoms with Gasteiger partial charge in [-0.1, -0.05) is 37.6 Å². The topological polar surface area (TPSA) is 38.3 Å². The van der Waals surface area contributed by atoms with E-state index in [4.69, 9.17) is 16.3 Å². The van der Waals surface area contributed by atoms with Crippen molar-refractivity contribution in [2.45, 2.75) is 33.2 Å². The van der Waals surface area contributed by atoms with E-state index in [0.29, 0.717) is 17.5 Å². The average Bonchev–Trinajstić information content (AvgIpc) is 2.36. The summed E-state index contributed by atoms with van der Waals surface area (Å²) in [5.41, 5.74) is -0.0512. The summed E-state index contributed by atoms with van der Waals surface area (Å²) in [5.74, 6) is 0.158. The van der Waals surface area contributed by atoms with Crippen LogP contribution in [0.3, 0.4) is 0 Å². The van der Waals surface area contributed by atoms with Crippen molar-refractivity contribution in [3.63, 3.8) is 0 Å². The molecule has 0 aromatic heterocycles. The molecule has 0 saturated heterocycles. The molecular formula is C15H22ClNO2. The first-order valence-corrected chi connectivity index (χ1v) is 6.96. The van der Waals surface area contributed by atoms with Crippen LogP contribution in [0.25, 0.3) is 0 Å². The molecule has 1 unspecified atom stereocenters. The predicted molar refractivity (Wildman–Crippen MR) is 78.3 cm³/mol. The Balaban J connectivity index is 3.06. The second-order valence-corrected chi connectivity index (χ2v) is 5.57. The van der Waals surface area contributed by atoms with E-state index in [1.807, 2.05) is 19.1 Å². The first-order valence-electron chi connectivity index (χ1n) is 6.58. The molecule has 0 amide bonds. The van der Waals surface area contributed by atoms with E-state index in [9.17, 15) is 4.79 Å². The highest BCUT2D eigenvalue weighted by molar-refractivity contribution is 6.30. The van der Waals surface area contributed by atoms with E-state index in [2.05, 4.69) is 19.2 Å². The highest BCUT2D eigenvalue weighted by atomic mass is 35.5. The summed E-state index contributed by atoms with van der Waals surface area (Å²) < 4.78 is 5.19. The number of benzene rings is 1. The fourth-order valence-corrected chi connectivity index (χ4v) is 1.97. The lowest BCUT2D eigenvalue weighted by Gasteiger charge is -2.30. The lowest BCUT2D eigenvalue weighted by atomic mass is 9.91. The van der Waals surface area contributed by atoms with Gasteiger partial charge in [0.25, 0.3) is 0 Å². The Kier molecular flexibility index (Phi) is 5.83. The maximum Gasteiger partial charge on any atom is 0.330 e. The monoisotopic (exact) mass is 283 g/mol. The summed E-state index contributed by atoms with van der Waals surface area (Å²) >= 11 is 6.02. The van der Waals surface area contributed by atoms with Crippen LogP contribution >= 0.6 is 11.6 Å². The largest absolute Gasteiger partial charge is 0.464 e. The highest BCUT2D eigenvalue weighted by Gasteiger charge is 2.36. The fourth-order valence-electron chi connectivity index (χ4n) is 1.78. The maximum absolute atomic E-state index is 12.3. The fraction of sp³-hybridized carbons (Fsp3) is 0.533. The Morgan fingerprint density at radius 3 is 2.68 bits per heavy atom. The molecule has 1 N–H and O–H groups in total. The third kappa shape index (κ3) is 4.22. The molecule has 0 radical (unpaired) electrons. The van der Waals surface area contributed by atoms with Crippen LogP contribution in [0, 0.1) is 5.92 Å². The van der Waals surface area contributed by atoms with Crippen LogP contribution in [0.1, 0.15) is 33.3 Å². The van der Waals surface area contributed by atoms with Gasteiger partial charge < -0.3 is 4.74 Å². The summed E-state index contributed by atoms with van der Waals surface area (Å²) in [5, 5.41) is 3.90. The van der Waals surface area contributed by atoms with Gasteiger partial charge in [0.1, 0.15) is 5.54 Å². The minimum atomic E-state index is -0.870. The third-order valence-corrected chi connectivity index (χ3v) is 3.18. The highest BCUT2D eigenvalue weighted by Crippen LogP contribution is 2.25. The molecule has 1 aromatic carbocycles. The molecule has 3 nitrogen and oxygen atoms in total. The summed E-state index contributed by atoms with van der Waals surface area (Å²) in [6, 6.07) is 7.31. The molecule has 0 aliphatic rings. The molecule has 0 bridgehead atoms. The summed E-state index contributed by atoms with van der Waals surface area (Å²) in [6.07, 6.45) is 0. The number of rotatable bonds is 6. The van der Waals surface area contributed by atoms with Crippen molar-refractivity contribution in [3.05, 3.63) is 34.9 Å². The van der Waals surface area contributed by atoms with Crippen molar-refractivity contribution in [2.75, 3.05) is 13.2 Å². The Bertz CT molecular complexity index is 434. The van der Waals surface area contributed by atoms with Crippen molar-refractivity contribution in [2.24, 2.45) is 5.92 Å². The Morgan fingerprint density at radius 2 is 2.16 bits per heavy atom. The van der Waals surface area contributed by atoms with Gasteiger partial charge in [0.2, 0.25) is 0 Å². The lowest BCUT2D eigenvalue weighted by molar-refractivity contribution is -0.151. The number of carbonyl (C=O) groups excluding carboxylic acids is 1. The van der Waals surface area contributed by atoms with Gasteiger partial charge in [0.05, 0.1) is 6.61 Å². The summed E-state index contributed by atoms with van der Waals surface area (Å²) in [6.45, 7) is 8.91. The SMILES string of the molecule is CCOC(=O)C(C)(NCC(C)C)c1cccc(Cl)c1. The number of carbonyl (C=O) groups is 1. The molecule has 0 heterocycles. The van der Waals surface area contributed by atoms with E-state index in [1.165, 1.54) is 0 Å². The van der Waals surface area contributed by atoms with Gasteiger partial charge in [-0.2, -0.15) is 0 Å². The van der Waals surface area contributed by atoms with Crippen LogP contribution in [0.15, 0.2) is 24.3 Å². The number of nitrogens with one attached hydrogen (secondary N) is 1. The van der Waals surface area contributed by atoms with Crippen molar-refractivity contribution in [3.8, 4) is 0 Å². The van der Waals surface area contributed by atoms with Gasteiger partial charge in [-0.3, -0.25) is 5.32 Å². The predicted octanol–water partition coefficient (Wildman–Crippen LogP) is 3.36. The Labute approximate surface area is 120 Å². The smallest absolute Gasteiger partial charge is 0.330 e. The van der Waals surface area contributed by atoms with E-state index in [1.54, 1.807) is 19.1 Å². The van der Waals surface area contributed by atoms with Crippen LogP contribution in [0.5, 0.6) is 0 Å². The van der Waals surface area contributed by atoms with Crippen molar-refractivity contribution in [1.82, 2.24) is 5.32 Å². The van der Waals surface area contributed by atoms with Gasteiger partial charge in [0, 0.05) is 5.02 Å². The van der Waals surface area contributed by atoms with Gasteiger partial charge in [-0.05, 0) is 44.0 Å². The summed E-state index contributed by atoms with van der Waals surface area (Å²) in [7, 11) is 0. The zero-order chi connectivity index (χ0) is 14.5. The molecule has 1 atom stereocenters. The molecule has 0 aliphatic heterocycles. The first-order chi connectivity index (χ1) is 8.90. The van der Waals surface area contributed by atoms with Crippen LogP contribution in [-0.2, 0) is 15.1 Å². The molecule has 0 aliphatic carbocycles. The molecule has 106 valence electrons. The maximum atomic E-state index is 12.3. The second kappa shape index (κ2) is 6.92. The van der Waals surface area contributed by atoms with Gasteiger partial charge in [0.15, 0.2) is 0 Å². The lowest BCUT2D eigenvalue weighted by Crippen LogP contribution is -2.49. The second-order valence-electron chi connectivity index (χ2n) is 5.13. The Morgan fingerprint density at radius 1 is 1.47 bits per heavy atom. The number of hydrogen-bond acceptors (Lipinski definition) is 3. The molecule has 1 aromatic rings. The molecule has 0 fully saturated rings. The molecule has 0 spiro atoms. The molecule has 19 heavy (non-hydrogen) atoms. The normalized spacial score (nSPS) is 14.2. The van der Waals surface area contributed by atoms with Crippen LogP contribution in [0.2, 0.25) is 5.02 Å². The molecular weight excluding hydrogens is 262 g/mol. The van der Waals surface area contributed by atoms with E-state index < -0.39 is 5.54 Å². The number of esters is 1. The van der Waals surface area contributed by atoms with Gasteiger partial charge >= 0.3 is 5.97 Å². The van der Waals surface area contributed by atoms with Gasteiger partial charge in [-0.15, -0.1) is 0 Å². The Hall–Kier alpha value is -1.06. The van der Waals surface area contributed by atoms with Crippen LogP contribution < -0.4 is 5.32 Å². The zero-order valence-corrected chi connectivity index (χ0v) is 12.8. The number of halogens is 1. The van der Waals surface area contributed by atoms with E-state index >= 15 is 0 Å². The average molecular weight is 284 g/mol. The van der Waals surface area contributed by atoms with Crippen LogP contribution in [-0.4, -0.2) is 19.1 Å². The molecule has 0 saturated carbocycles. The van der Waals surface area contributed by atoms with Crippen molar-refractivity contribution in [1.29, 1.82) is 0 Å². The third-order valence-electron chi connectivity index (χ3n) is 2.95. The minimum Gasteiger partial charge on any atom is -0.464 e. The number of ether oxygens (including phenoxy) is 1.